The molecule has 186 valence electrons. The van der Waals surface area contributed by atoms with Crippen LogP contribution in [0.2, 0.25) is 0 Å². The summed E-state index contributed by atoms with van der Waals surface area (Å²) in [6.45, 7) is 4.38. The van der Waals surface area contributed by atoms with Crippen LogP contribution in [0.5, 0.6) is 11.5 Å². The maximum Gasteiger partial charge on any atom is 0.118 e. The summed E-state index contributed by atoms with van der Waals surface area (Å²) in [7, 11) is 5.10. The van der Waals surface area contributed by atoms with Gasteiger partial charge in [0.2, 0.25) is 0 Å². The third kappa shape index (κ3) is 7.42. The Morgan fingerprint density at radius 3 is 1.28 bits per heavy atom. The lowest BCUT2D eigenvalue weighted by Gasteiger charge is -2.13. The largest absolute Gasteiger partial charge is 0.497 e. The lowest BCUT2D eigenvalue weighted by Crippen LogP contribution is -2.09. The first-order valence-corrected chi connectivity index (χ1v) is 14.9. The molecule has 0 saturated heterocycles. The van der Waals surface area contributed by atoms with Crippen LogP contribution in [0.4, 0.5) is 0 Å². The second-order valence-corrected chi connectivity index (χ2v) is 12.0. The molecule has 4 rings (SSSR count). The van der Waals surface area contributed by atoms with Crippen molar-refractivity contribution in [2.24, 2.45) is 0 Å². The summed E-state index contributed by atoms with van der Waals surface area (Å²) in [5.41, 5.74) is 8.23. The first-order chi connectivity index (χ1) is 17.5. The van der Waals surface area contributed by atoms with E-state index in [2.05, 4.69) is 98.8 Å². The maximum absolute atomic E-state index is 5.32. The standard InChI is InChI=1S/C32H36O2P2/c1-23-5-15-31(27(19-23)21-25-7-11-29(33-3)12-8-25)35-17-18-36-32-16-6-24(2)20-28(32)22-26-9-13-30(34-4)14-10-26/h5-16,19-20,35-36H,17-18,21-22H2,1-4H3. The predicted octanol–water partition coefficient (Wildman–Crippen LogP) is 6.81. The average Bonchev–Trinajstić information content (AvgIpc) is 2.89. The van der Waals surface area contributed by atoms with E-state index in [1.165, 1.54) is 56.3 Å². The Morgan fingerprint density at radius 2 is 0.917 bits per heavy atom. The zero-order valence-electron chi connectivity index (χ0n) is 21.7. The molecule has 36 heavy (non-hydrogen) atoms. The van der Waals surface area contributed by atoms with E-state index in [1.54, 1.807) is 14.2 Å². The fraction of sp³-hybridized carbons (Fsp3) is 0.250. The number of methoxy groups -OCH3 is 2. The number of hydrogen-bond donors (Lipinski definition) is 0. The monoisotopic (exact) mass is 514 g/mol. The van der Waals surface area contributed by atoms with Crippen molar-refractivity contribution in [2.45, 2.75) is 26.7 Å². The summed E-state index contributed by atoms with van der Waals surface area (Å²) in [5.74, 6) is 1.82. The zero-order chi connectivity index (χ0) is 25.3. The Morgan fingerprint density at radius 1 is 0.528 bits per heavy atom. The lowest BCUT2D eigenvalue weighted by atomic mass is 10.0. The van der Waals surface area contributed by atoms with Gasteiger partial charge in [0, 0.05) is 0 Å². The van der Waals surface area contributed by atoms with Crippen molar-refractivity contribution in [2.75, 3.05) is 26.5 Å². The fourth-order valence-corrected chi connectivity index (χ4v) is 7.12. The summed E-state index contributed by atoms with van der Waals surface area (Å²) < 4.78 is 10.6. The van der Waals surface area contributed by atoms with Crippen LogP contribution in [0.25, 0.3) is 0 Å². The highest BCUT2D eigenvalue weighted by Gasteiger charge is 2.08. The molecule has 0 heterocycles. The summed E-state index contributed by atoms with van der Waals surface area (Å²) in [5, 5.41) is 3.01. The molecule has 2 nitrogen and oxygen atoms in total. The molecule has 2 atom stereocenters. The number of benzene rings is 4. The van der Waals surface area contributed by atoms with Crippen LogP contribution in [-0.4, -0.2) is 26.5 Å². The van der Waals surface area contributed by atoms with Crippen LogP contribution < -0.4 is 20.1 Å². The molecule has 0 aromatic heterocycles. The Labute approximate surface area is 220 Å². The molecule has 0 fully saturated rings. The van der Waals surface area contributed by atoms with Crippen molar-refractivity contribution in [1.29, 1.82) is 0 Å². The van der Waals surface area contributed by atoms with E-state index in [0.29, 0.717) is 0 Å². The SMILES string of the molecule is COc1ccc(Cc2cc(C)ccc2PCCPc2ccc(C)cc2Cc2ccc(OC)cc2)cc1. The van der Waals surface area contributed by atoms with Gasteiger partial charge in [0.1, 0.15) is 11.5 Å². The Balaban J connectivity index is 1.38. The molecule has 4 heteroatoms. The maximum atomic E-state index is 5.32. The number of ether oxygens (including phenoxy) is 2. The minimum atomic E-state index is 0.835. The Hall–Kier alpha value is -2.66. The summed E-state index contributed by atoms with van der Waals surface area (Å²) in [6, 6.07) is 30.9. The first-order valence-electron chi connectivity index (χ1n) is 12.5. The van der Waals surface area contributed by atoms with Crippen LogP contribution in [-0.2, 0) is 12.8 Å². The van der Waals surface area contributed by atoms with E-state index >= 15 is 0 Å². The van der Waals surface area contributed by atoms with Gasteiger partial charge in [-0.3, -0.25) is 0 Å². The van der Waals surface area contributed by atoms with Crippen molar-refractivity contribution in [3.8, 4) is 11.5 Å². The molecular weight excluding hydrogens is 478 g/mol. The van der Waals surface area contributed by atoms with Crippen molar-refractivity contribution >= 4 is 27.8 Å². The molecule has 0 bridgehead atoms. The van der Waals surface area contributed by atoms with Gasteiger partial charge in [-0.25, -0.2) is 0 Å². The van der Waals surface area contributed by atoms with Crippen molar-refractivity contribution in [3.05, 3.63) is 118 Å². The number of hydrogen-bond acceptors (Lipinski definition) is 2. The quantitative estimate of drug-likeness (QED) is 0.162. The van der Waals surface area contributed by atoms with Gasteiger partial charge >= 0.3 is 0 Å². The highest BCUT2D eigenvalue weighted by molar-refractivity contribution is 7.51. The van der Waals surface area contributed by atoms with Gasteiger partial charge in [-0.15, -0.1) is 0 Å². The van der Waals surface area contributed by atoms with Gasteiger partial charge in [0.05, 0.1) is 14.2 Å². The van der Waals surface area contributed by atoms with Gasteiger partial charge in [-0.2, -0.15) is 0 Å². The molecule has 4 aromatic carbocycles. The summed E-state index contributed by atoms with van der Waals surface area (Å²) in [4.78, 5) is 0. The topological polar surface area (TPSA) is 18.5 Å². The fourth-order valence-electron chi connectivity index (χ4n) is 4.40. The van der Waals surface area contributed by atoms with E-state index in [4.69, 9.17) is 9.47 Å². The molecule has 0 spiro atoms. The number of aryl methyl sites for hydroxylation is 2. The normalized spacial score (nSPS) is 11.6. The molecule has 0 saturated carbocycles. The average molecular weight is 515 g/mol. The van der Waals surface area contributed by atoms with Crippen LogP contribution in [0.15, 0.2) is 84.9 Å². The van der Waals surface area contributed by atoms with Crippen molar-refractivity contribution in [3.63, 3.8) is 0 Å². The Kier molecular flexibility index (Phi) is 9.57. The number of rotatable bonds is 11. The van der Waals surface area contributed by atoms with Crippen LogP contribution >= 0.6 is 17.2 Å². The van der Waals surface area contributed by atoms with E-state index in [1.807, 2.05) is 0 Å². The lowest BCUT2D eigenvalue weighted by molar-refractivity contribution is 0.414. The molecule has 4 aromatic rings. The molecular formula is C32H36O2P2. The predicted molar refractivity (Wildman–Crippen MR) is 160 cm³/mol. The smallest absolute Gasteiger partial charge is 0.118 e. The van der Waals surface area contributed by atoms with E-state index < -0.39 is 0 Å². The third-order valence-electron chi connectivity index (χ3n) is 6.38. The van der Waals surface area contributed by atoms with Gasteiger partial charge in [0.25, 0.3) is 0 Å². The molecule has 0 N–H and O–H groups in total. The minimum Gasteiger partial charge on any atom is -0.497 e. The van der Waals surface area contributed by atoms with Crippen LogP contribution in [0, 0.1) is 13.8 Å². The molecule has 0 aliphatic rings. The van der Waals surface area contributed by atoms with Gasteiger partial charge < -0.3 is 9.47 Å². The van der Waals surface area contributed by atoms with Crippen molar-refractivity contribution < 1.29 is 9.47 Å². The van der Waals surface area contributed by atoms with Gasteiger partial charge in [-0.1, -0.05) is 89.0 Å². The first kappa shape index (κ1) is 26.4. The van der Waals surface area contributed by atoms with E-state index in [9.17, 15) is 0 Å². The van der Waals surface area contributed by atoms with Crippen LogP contribution in [0.3, 0.4) is 0 Å². The second kappa shape index (κ2) is 13.0. The van der Waals surface area contributed by atoms with E-state index in [-0.39, 0.29) is 0 Å². The van der Waals surface area contributed by atoms with Crippen LogP contribution in [0.1, 0.15) is 33.4 Å². The van der Waals surface area contributed by atoms with Gasteiger partial charge in [-0.05, 0) is 96.1 Å². The van der Waals surface area contributed by atoms with Gasteiger partial charge in [0.15, 0.2) is 0 Å². The molecule has 0 aliphatic heterocycles. The Bertz CT molecular complexity index is 1160. The highest BCUT2D eigenvalue weighted by atomic mass is 31.1. The van der Waals surface area contributed by atoms with E-state index in [0.717, 1.165) is 41.5 Å². The minimum absolute atomic E-state index is 0.835. The summed E-state index contributed by atoms with van der Waals surface area (Å²) in [6.07, 6.45) is 4.40. The highest BCUT2D eigenvalue weighted by Crippen LogP contribution is 2.24. The van der Waals surface area contributed by atoms with Crippen molar-refractivity contribution in [1.82, 2.24) is 0 Å². The molecule has 0 radical (unpaired) electrons. The summed E-state index contributed by atoms with van der Waals surface area (Å²) >= 11 is 0. The molecule has 0 aliphatic carbocycles. The third-order valence-corrected chi connectivity index (χ3v) is 9.62. The molecule has 2 unspecified atom stereocenters. The zero-order valence-corrected chi connectivity index (χ0v) is 23.7. The molecule has 0 amide bonds. The second-order valence-electron chi connectivity index (χ2n) is 9.22.